The van der Waals surface area contributed by atoms with Crippen molar-refractivity contribution in [1.29, 1.82) is 0 Å². The molecule has 1 aliphatic rings. The van der Waals surface area contributed by atoms with Gasteiger partial charge in [0.05, 0.1) is 11.0 Å². The van der Waals surface area contributed by atoms with Crippen LogP contribution in [-0.4, -0.2) is 32.1 Å². The second kappa shape index (κ2) is 6.59. The zero-order valence-electron chi connectivity index (χ0n) is 12.1. The zero-order valence-corrected chi connectivity index (χ0v) is 12.9. The van der Waals surface area contributed by atoms with Crippen molar-refractivity contribution < 1.29 is 13.2 Å². The molecule has 1 N–H and O–H groups in total. The summed E-state index contributed by atoms with van der Waals surface area (Å²) in [5, 5.41) is 3.10. The van der Waals surface area contributed by atoms with Gasteiger partial charge in [0, 0.05) is 12.6 Å². The van der Waals surface area contributed by atoms with E-state index in [-0.39, 0.29) is 17.6 Å². The van der Waals surface area contributed by atoms with Gasteiger partial charge in [-0.1, -0.05) is 12.1 Å². The highest BCUT2D eigenvalue weighted by molar-refractivity contribution is 7.91. The van der Waals surface area contributed by atoms with E-state index in [1.807, 2.05) is 24.3 Å². The molecule has 1 fully saturated rings. The summed E-state index contributed by atoms with van der Waals surface area (Å²) in [6, 6.07) is 8.52. The summed E-state index contributed by atoms with van der Waals surface area (Å²) in [4.78, 5) is 0. The van der Waals surface area contributed by atoms with E-state index in [0.29, 0.717) is 6.04 Å². The Hall–Kier alpha value is -1.07. The molecule has 0 saturated heterocycles. The van der Waals surface area contributed by atoms with Crippen molar-refractivity contribution in [2.24, 2.45) is 0 Å². The molecule has 0 spiro atoms. The van der Waals surface area contributed by atoms with E-state index in [4.69, 9.17) is 4.74 Å². The number of hydrogen-bond donors (Lipinski definition) is 1. The molecule has 0 radical (unpaired) electrons. The first-order valence-corrected chi connectivity index (χ1v) is 8.85. The van der Waals surface area contributed by atoms with Crippen LogP contribution >= 0.6 is 0 Å². The fourth-order valence-corrected chi connectivity index (χ4v) is 2.55. The van der Waals surface area contributed by atoms with Crippen molar-refractivity contribution in [3.05, 3.63) is 29.8 Å². The van der Waals surface area contributed by atoms with Crippen molar-refractivity contribution in [3.8, 4) is 5.75 Å². The van der Waals surface area contributed by atoms with Gasteiger partial charge in [-0.3, -0.25) is 0 Å². The minimum atomic E-state index is -3.02. The fourth-order valence-electron chi connectivity index (χ4n) is 1.76. The minimum absolute atomic E-state index is 0.0651. The molecule has 0 heterocycles. The molecule has 0 amide bonds. The Labute approximate surface area is 121 Å². The molecular weight excluding hydrogens is 274 g/mol. The predicted molar refractivity (Wildman–Crippen MR) is 80.7 cm³/mol. The van der Waals surface area contributed by atoms with Gasteiger partial charge in [-0.05, 0) is 44.4 Å². The van der Waals surface area contributed by atoms with Crippen LogP contribution < -0.4 is 10.1 Å². The van der Waals surface area contributed by atoms with Crippen LogP contribution in [0.4, 0.5) is 0 Å². The Morgan fingerprint density at radius 1 is 1.25 bits per heavy atom. The minimum Gasteiger partial charge on any atom is -0.493 e. The lowest BCUT2D eigenvalue weighted by atomic mass is 10.2. The van der Waals surface area contributed by atoms with Gasteiger partial charge in [-0.15, -0.1) is 0 Å². The number of sulfone groups is 1. The van der Waals surface area contributed by atoms with Gasteiger partial charge < -0.3 is 10.1 Å². The van der Waals surface area contributed by atoms with Crippen LogP contribution in [0, 0.1) is 0 Å². The maximum Gasteiger partial charge on any atom is 0.155 e. The third-order valence-corrected chi connectivity index (χ3v) is 5.62. The van der Waals surface area contributed by atoms with E-state index in [1.54, 1.807) is 13.8 Å². The van der Waals surface area contributed by atoms with Crippen molar-refractivity contribution in [1.82, 2.24) is 5.32 Å². The van der Waals surface area contributed by atoms with Gasteiger partial charge in [0.15, 0.2) is 9.84 Å². The highest BCUT2D eigenvalue weighted by Crippen LogP contribution is 2.20. The third kappa shape index (κ3) is 4.80. The Balaban J connectivity index is 1.75. The molecule has 0 atom stereocenters. The summed E-state index contributed by atoms with van der Waals surface area (Å²) >= 11 is 0. The van der Waals surface area contributed by atoms with Gasteiger partial charge in [0.2, 0.25) is 0 Å². The summed E-state index contributed by atoms with van der Waals surface area (Å²) in [7, 11) is -3.02. The van der Waals surface area contributed by atoms with Crippen LogP contribution in [-0.2, 0) is 16.4 Å². The monoisotopic (exact) mass is 297 g/mol. The van der Waals surface area contributed by atoms with Crippen LogP contribution in [0.2, 0.25) is 0 Å². The molecule has 112 valence electrons. The molecule has 0 aliphatic heterocycles. The Kier molecular flexibility index (Phi) is 5.05. The van der Waals surface area contributed by atoms with Gasteiger partial charge in [0.1, 0.15) is 12.4 Å². The summed E-state index contributed by atoms with van der Waals surface area (Å²) in [5.41, 5.74) is 1.22. The maximum atomic E-state index is 11.6. The number of nitrogens with one attached hydrogen (secondary N) is 1. The quantitative estimate of drug-likeness (QED) is 0.799. The molecule has 0 aromatic heterocycles. The van der Waals surface area contributed by atoms with Gasteiger partial charge in [-0.25, -0.2) is 8.42 Å². The molecule has 0 unspecified atom stereocenters. The van der Waals surface area contributed by atoms with Crippen LogP contribution in [0.15, 0.2) is 24.3 Å². The molecule has 2 rings (SSSR count). The second-order valence-corrected chi connectivity index (χ2v) is 8.24. The Bertz CT molecular complexity index is 519. The second-order valence-electron chi connectivity index (χ2n) is 5.56. The van der Waals surface area contributed by atoms with Crippen LogP contribution in [0.1, 0.15) is 32.3 Å². The Morgan fingerprint density at radius 2 is 1.90 bits per heavy atom. The topological polar surface area (TPSA) is 55.4 Å². The van der Waals surface area contributed by atoms with Gasteiger partial charge >= 0.3 is 0 Å². The van der Waals surface area contributed by atoms with Crippen molar-refractivity contribution >= 4 is 9.84 Å². The predicted octanol–water partition coefficient (Wildman–Crippen LogP) is 2.14. The maximum absolute atomic E-state index is 11.6. The van der Waals surface area contributed by atoms with Crippen LogP contribution in [0.5, 0.6) is 5.75 Å². The lowest BCUT2D eigenvalue weighted by molar-refractivity contribution is 0.340. The fraction of sp³-hybridized carbons (Fsp3) is 0.600. The molecule has 1 aromatic rings. The number of benzene rings is 1. The van der Waals surface area contributed by atoms with Gasteiger partial charge in [-0.2, -0.15) is 0 Å². The molecule has 5 heteroatoms. The lowest BCUT2D eigenvalue weighted by Gasteiger charge is -2.10. The molecule has 4 nitrogen and oxygen atoms in total. The van der Waals surface area contributed by atoms with Crippen molar-refractivity contribution in [3.63, 3.8) is 0 Å². The first kappa shape index (κ1) is 15.3. The summed E-state index contributed by atoms with van der Waals surface area (Å²) < 4.78 is 28.8. The van der Waals surface area contributed by atoms with Crippen molar-refractivity contribution in [2.45, 2.75) is 44.5 Å². The van der Waals surface area contributed by atoms with E-state index in [9.17, 15) is 8.42 Å². The van der Waals surface area contributed by atoms with Crippen molar-refractivity contribution in [2.75, 3.05) is 12.4 Å². The SMILES string of the molecule is CC(C)S(=O)(=O)CCOc1ccc(CNC2CC2)cc1. The first-order chi connectivity index (χ1) is 9.47. The standard InChI is InChI=1S/C15H23NO3S/c1-12(2)20(17,18)10-9-19-15-7-3-13(4-8-15)11-16-14-5-6-14/h3-4,7-8,12,14,16H,5-6,9-11H2,1-2H3. The largest absolute Gasteiger partial charge is 0.493 e. The Morgan fingerprint density at radius 3 is 2.45 bits per heavy atom. The molecule has 1 saturated carbocycles. The normalized spacial score (nSPS) is 15.6. The highest BCUT2D eigenvalue weighted by atomic mass is 32.2. The average Bonchev–Trinajstić information content (AvgIpc) is 3.21. The van der Waals surface area contributed by atoms with Gasteiger partial charge in [0.25, 0.3) is 0 Å². The van der Waals surface area contributed by atoms with Crippen LogP contribution in [0.3, 0.4) is 0 Å². The molecule has 1 aliphatic carbocycles. The molecule has 20 heavy (non-hydrogen) atoms. The summed E-state index contributed by atoms with van der Waals surface area (Å²) in [6.45, 7) is 4.47. The molecule has 1 aromatic carbocycles. The number of ether oxygens (including phenoxy) is 1. The summed E-state index contributed by atoms with van der Waals surface area (Å²) in [5.74, 6) is 0.787. The average molecular weight is 297 g/mol. The number of rotatable bonds is 8. The van der Waals surface area contributed by atoms with E-state index < -0.39 is 9.84 Å². The highest BCUT2D eigenvalue weighted by Gasteiger charge is 2.19. The van der Waals surface area contributed by atoms with E-state index in [0.717, 1.165) is 12.3 Å². The first-order valence-electron chi connectivity index (χ1n) is 7.14. The summed E-state index contributed by atoms with van der Waals surface area (Å²) in [6.07, 6.45) is 2.57. The van der Waals surface area contributed by atoms with Crippen LogP contribution in [0.25, 0.3) is 0 Å². The van der Waals surface area contributed by atoms with E-state index >= 15 is 0 Å². The smallest absolute Gasteiger partial charge is 0.155 e. The third-order valence-electron chi connectivity index (χ3n) is 3.45. The molecular formula is C15H23NO3S. The van der Waals surface area contributed by atoms with E-state index in [1.165, 1.54) is 18.4 Å². The van der Waals surface area contributed by atoms with E-state index in [2.05, 4.69) is 5.32 Å². The lowest BCUT2D eigenvalue weighted by Crippen LogP contribution is -2.22. The molecule has 0 bridgehead atoms. The zero-order chi connectivity index (χ0) is 14.6. The number of hydrogen-bond acceptors (Lipinski definition) is 4.